The molecule has 126 valence electrons. The Kier molecular flexibility index (Phi) is 9.11. The predicted octanol–water partition coefficient (Wildman–Crippen LogP) is 0.896. The van der Waals surface area contributed by atoms with E-state index in [0.29, 0.717) is 20.8 Å². The largest absolute Gasteiger partial charge is 1.00 e. The van der Waals surface area contributed by atoms with Crippen LogP contribution in [0.3, 0.4) is 0 Å². The molecular formula is C16H17Cl5OTi. The molecule has 1 aromatic carbocycles. The zero-order chi connectivity index (χ0) is 15.9. The molecule has 0 amide bonds. The molecule has 0 heterocycles. The average molecular weight is 450 g/mol. The van der Waals surface area contributed by atoms with Crippen molar-refractivity contribution in [1.29, 1.82) is 0 Å². The summed E-state index contributed by atoms with van der Waals surface area (Å²) in [5, 5.41) is 1.45. The van der Waals surface area contributed by atoms with Gasteiger partial charge in [0.2, 0.25) is 0 Å². The van der Waals surface area contributed by atoms with Gasteiger partial charge in [0, 0.05) is 0 Å². The fourth-order valence-electron chi connectivity index (χ4n) is 2.53. The summed E-state index contributed by atoms with van der Waals surface area (Å²) in [4.78, 5) is 0. The maximum absolute atomic E-state index is 6.20. The maximum Gasteiger partial charge on any atom is -1.00 e. The third-order valence-corrected chi connectivity index (χ3v) is 7.57. The summed E-state index contributed by atoms with van der Waals surface area (Å²) >= 11 is 17.5. The van der Waals surface area contributed by atoms with Gasteiger partial charge in [-0.15, -0.1) is 0 Å². The summed E-state index contributed by atoms with van der Waals surface area (Å²) in [7, 11) is 0. The molecule has 1 aliphatic carbocycles. The molecule has 0 atom stereocenters. The summed E-state index contributed by atoms with van der Waals surface area (Å²) in [5.41, 5.74) is 5.52. The van der Waals surface area contributed by atoms with E-state index in [1.165, 1.54) is 22.3 Å². The molecule has 0 radical (unpaired) electrons. The number of hydrogen-bond donors (Lipinski definition) is 0. The van der Waals surface area contributed by atoms with Crippen molar-refractivity contribution in [3.63, 3.8) is 0 Å². The maximum atomic E-state index is 6.20. The molecule has 0 aromatic heterocycles. The second kappa shape index (κ2) is 8.85. The number of halogens is 5. The molecule has 0 saturated heterocycles. The number of benzene rings is 1. The summed E-state index contributed by atoms with van der Waals surface area (Å²) in [6, 6.07) is 3.32. The van der Waals surface area contributed by atoms with Crippen LogP contribution in [0.5, 0.6) is 5.75 Å². The Morgan fingerprint density at radius 3 is 1.65 bits per heavy atom. The van der Waals surface area contributed by atoms with E-state index in [4.69, 9.17) is 38.1 Å². The van der Waals surface area contributed by atoms with Crippen LogP contribution in [0.15, 0.2) is 34.4 Å². The van der Waals surface area contributed by atoms with Crippen LogP contribution in [0.2, 0.25) is 18.8 Å². The molecule has 0 saturated carbocycles. The Balaban J connectivity index is 0.00000242. The zero-order valence-electron chi connectivity index (χ0n) is 13.5. The zero-order valence-corrected chi connectivity index (χ0v) is 18.8. The fraction of sp³-hybridized carbons (Fsp3) is 0.375. The van der Waals surface area contributed by atoms with E-state index >= 15 is 0 Å². The number of allylic oxidation sites excluding steroid dienone is 4. The minimum atomic E-state index is -0.803. The first-order valence-corrected chi connectivity index (χ1v) is 9.18. The van der Waals surface area contributed by atoms with Crippen molar-refractivity contribution < 1.29 is 47.7 Å². The van der Waals surface area contributed by atoms with Gasteiger partial charge < -0.3 is 24.8 Å². The molecule has 0 fully saturated rings. The van der Waals surface area contributed by atoms with Crippen molar-refractivity contribution >= 4 is 34.8 Å². The van der Waals surface area contributed by atoms with Gasteiger partial charge in [0.05, 0.1) is 0 Å². The van der Waals surface area contributed by atoms with Crippen molar-refractivity contribution in [2.45, 2.75) is 38.3 Å². The molecular weight excluding hydrogens is 433 g/mol. The van der Waals surface area contributed by atoms with Gasteiger partial charge in [-0.05, 0) is 0 Å². The van der Waals surface area contributed by atoms with Gasteiger partial charge >= 0.3 is 151 Å². The third kappa shape index (κ3) is 4.44. The van der Waals surface area contributed by atoms with E-state index in [2.05, 4.69) is 34.6 Å². The number of hydrogen-bond acceptors (Lipinski definition) is 1. The van der Waals surface area contributed by atoms with E-state index in [9.17, 15) is 0 Å². The quantitative estimate of drug-likeness (QED) is 0.622. The van der Waals surface area contributed by atoms with Gasteiger partial charge in [-0.25, -0.2) is 0 Å². The molecule has 0 N–H and O–H groups in total. The van der Waals surface area contributed by atoms with Gasteiger partial charge in [0.15, 0.2) is 0 Å². The predicted molar refractivity (Wildman–Crippen MR) is 87.2 cm³/mol. The van der Waals surface area contributed by atoms with E-state index in [1.54, 1.807) is 12.1 Å². The molecule has 0 spiro atoms. The van der Waals surface area contributed by atoms with Crippen LogP contribution in [0.1, 0.15) is 34.6 Å². The van der Waals surface area contributed by atoms with Crippen molar-refractivity contribution in [2.24, 2.45) is 0 Å². The third-order valence-electron chi connectivity index (χ3n) is 4.51. The summed E-state index contributed by atoms with van der Waals surface area (Å²) < 4.78 is 6.08. The Labute approximate surface area is 175 Å². The minimum absolute atomic E-state index is 0. The Bertz CT molecular complexity index is 619. The second-order valence-corrected chi connectivity index (χ2v) is 8.98. The van der Waals surface area contributed by atoms with Crippen molar-refractivity contribution in [3.8, 4) is 5.75 Å². The first kappa shape index (κ1) is 23.7. The first-order chi connectivity index (χ1) is 9.68. The normalized spacial score (nSPS) is 15.8. The van der Waals surface area contributed by atoms with Crippen molar-refractivity contribution in [1.82, 2.24) is 0 Å². The molecule has 7 heteroatoms. The average Bonchev–Trinajstić information content (AvgIpc) is 2.54. The summed E-state index contributed by atoms with van der Waals surface area (Å²) in [5.74, 6) is 0.548. The fourth-order valence-corrected chi connectivity index (χ4v) is 5.51. The van der Waals surface area contributed by atoms with Crippen LogP contribution in [0.25, 0.3) is 0 Å². The minimum Gasteiger partial charge on any atom is -1.00 e. The van der Waals surface area contributed by atoms with Gasteiger partial charge in [-0.2, -0.15) is 0 Å². The van der Waals surface area contributed by atoms with Gasteiger partial charge in [0.1, 0.15) is 0 Å². The summed E-state index contributed by atoms with van der Waals surface area (Å²) in [6.07, 6.45) is 0. The van der Waals surface area contributed by atoms with Crippen molar-refractivity contribution in [2.75, 3.05) is 0 Å². The SMILES string of the molecule is CC1=C(C)[C](C)([Ti+2][O]c2c(Cl)cc(Cl)cc2Cl)C(C)=C1C.[Cl-].[Cl-]. The van der Waals surface area contributed by atoms with Gasteiger partial charge in [-0.1, -0.05) is 0 Å². The van der Waals surface area contributed by atoms with E-state index < -0.39 is 19.5 Å². The summed E-state index contributed by atoms with van der Waals surface area (Å²) in [6.45, 7) is 11.0. The Hall–Kier alpha value is 0.664. The molecule has 1 nitrogen and oxygen atoms in total. The topological polar surface area (TPSA) is 9.23 Å². The monoisotopic (exact) mass is 448 g/mol. The van der Waals surface area contributed by atoms with Gasteiger partial charge in [0.25, 0.3) is 0 Å². The molecule has 0 unspecified atom stereocenters. The number of rotatable bonds is 3. The molecule has 23 heavy (non-hydrogen) atoms. The van der Waals surface area contributed by atoms with Crippen LogP contribution in [0.4, 0.5) is 0 Å². The Morgan fingerprint density at radius 1 is 0.870 bits per heavy atom. The van der Waals surface area contributed by atoms with Crippen LogP contribution < -0.4 is 28.1 Å². The first-order valence-electron chi connectivity index (χ1n) is 6.63. The smallest absolute Gasteiger partial charge is 1.00 e. The standard InChI is InChI=1S/C10H15.C6H3Cl3O.2ClH.Ti/c1-6-7(2)9(4)10(5)8(6)3;7-3-1-4(8)6(10)5(9)2-3;;;/h1-5H3;1-2,10H;2*1H;/q;;;;+3/p-3. The van der Waals surface area contributed by atoms with Crippen molar-refractivity contribution in [3.05, 3.63) is 49.5 Å². The van der Waals surface area contributed by atoms with E-state index in [0.717, 1.165) is 0 Å². The molecule has 1 aromatic rings. The molecule has 1 aliphatic rings. The molecule has 0 bridgehead atoms. The van der Waals surface area contributed by atoms with Gasteiger partial charge in [-0.3, -0.25) is 0 Å². The van der Waals surface area contributed by atoms with Crippen LogP contribution in [-0.2, 0) is 19.5 Å². The molecule has 0 aliphatic heterocycles. The second-order valence-electron chi connectivity index (χ2n) is 5.53. The van der Waals surface area contributed by atoms with Crippen LogP contribution >= 0.6 is 34.8 Å². The Morgan fingerprint density at radius 2 is 1.26 bits per heavy atom. The molecule has 2 rings (SSSR count). The van der Waals surface area contributed by atoms with Crippen LogP contribution in [0, 0.1) is 0 Å². The van der Waals surface area contributed by atoms with Crippen LogP contribution in [-0.4, -0.2) is 0 Å². The van der Waals surface area contributed by atoms with E-state index in [-0.39, 0.29) is 28.5 Å². The van der Waals surface area contributed by atoms with E-state index in [1.807, 2.05) is 0 Å².